The van der Waals surface area contributed by atoms with E-state index < -0.39 is 0 Å². The molecular weight excluding hydrogens is 204 g/mol. The van der Waals surface area contributed by atoms with Gasteiger partial charge >= 0.3 is 0 Å². The fourth-order valence-electron chi connectivity index (χ4n) is 2.01. The second-order valence-corrected chi connectivity index (χ2v) is 4.16. The molecule has 4 heteroatoms. The number of hydrogen-bond acceptors (Lipinski definition) is 3. The third-order valence-corrected chi connectivity index (χ3v) is 2.71. The maximum atomic E-state index is 11.4. The van der Waals surface area contributed by atoms with Crippen molar-refractivity contribution in [1.29, 1.82) is 0 Å². The minimum Gasteiger partial charge on any atom is -0.508 e. The van der Waals surface area contributed by atoms with Crippen molar-refractivity contribution in [3.05, 3.63) is 29.3 Å². The van der Waals surface area contributed by atoms with Gasteiger partial charge in [0, 0.05) is 25.6 Å². The monoisotopic (exact) mass is 220 g/mol. The molecule has 1 aliphatic heterocycles. The zero-order chi connectivity index (χ0) is 11.5. The molecule has 3 N–H and O–H groups in total. The molecule has 4 nitrogen and oxygen atoms in total. The molecular formula is C12H16N2O2. The number of carbonyl (C=O) groups excluding carboxylic acids is 1. The molecule has 1 fully saturated rings. The molecule has 1 atom stereocenters. The van der Waals surface area contributed by atoms with E-state index >= 15 is 0 Å². The molecule has 1 aliphatic rings. The largest absolute Gasteiger partial charge is 0.508 e. The Labute approximate surface area is 94.7 Å². The van der Waals surface area contributed by atoms with Crippen LogP contribution < -0.4 is 10.6 Å². The fourth-order valence-corrected chi connectivity index (χ4v) is 2.01. The number of rotatable bonds is 1. The fraction of sp³-hybridized carbons (Fsp3) is 0.417. The van der Waals surface area contributed by atoms with Gasteiger partial charge in [-0.25, -0.2) is 0 Å². The van der Waals surface area contributed by atoms with Crippen molar-refractivity contribution in [2.75, 3.05) is 13.1 Å². The molecule has 0 bridgehead atoms. The van der Waals surface area contributed by atoms with Crippen LogP contribution in [-0.4, -0.2) is 24.1 Å². The van der Waals surface area contributed by atoms with Crippen LogP contribution in [0.25, 0.3) is 0 Å². The first-order chi connectivity index (χ1) is 7.65. The first kappa shape index (κ1) is 11.0. The lowest BCUT2D eigenvalue weighted by molar-refractivity contribution is -0.121. The number of aromatic hydroxyl groups is 1. The van der Waals surface area contributed by atoms with Gasteiger partial charge in [-0.2, -0.15) is 0 Å². The predicted octanol–water partition coefficient (Wildman–Crippen LogP) is 0.851. The standard InChI is InChI=1S/C12H16N2O2/c1-8-4-9(6-10(15)5-8)11-7-12(16)14-3-2-13-11/h4-6,11,13,15H,2-3,7H2,1H3,(H,14,16). The third-order valence-electron chi connectivity index (χ3n) is 2.71. The number of carbonyl (C=O) groups is 1. The molecule has 1 aromatic rings. The van der Waals surface area contributed by atoms with Crippen LogP contribution in [0.4, 0.5) is 0 Å². The van der Waals surface area contributed by atoms with E-state index in [-0.39, 0.29) is 17.7 Å². The van der Waals surface area contributed by atoms with Crippen LogP contribution in [0.3, 0.4) is 0 Å². The highest BCUT2D eigenvalue weighted by molar-refractivity contribution is 5.77. The van der Waals surface area contributed by atoms with Gasteiger partial charge in [0.2, 0.25) is 5.91 Å². The van der Waals surface area contributed by atoms with Crippen LogP contribution in [0.1, 0.15) is 23.6 Å². The molecule has 0 saturated carbocycles. The van der Waals surface area contributed by atoms with Gasteiger partial charge < -0.3 is 15.7 Å². The Morgan fingerprint density at radius 3 is 2.88 bits per heavy atom. The van der Waals surface area contributed by atoms with Crippen LogP contribution in [0, 0.1) is 6.92 Å². The van der Waals surface area contributed by atoms with Crippen LogP contribution in [0.5, 0.6) is 5.75 Å². The van der Waals surface area contributed by atoms with Crippen LogP contribution >= 0.6 is 0 Å². The van der Waals surface area contributed by atoms with E-state index in [1.165, 1.54) is 0 Å². The Bertz CT molecular complexity index is 384. The summed E-state index contributed by atoms with van der Waals surface area (Å²) >= 11 is 0. The van der Waals surface area contributed by atoms with Gasteiger partial charge in [-0.3, -0.25) is 4.79 Å². The Morgan fingerprint density at radius 1 is 1.31 bits per heavy atom. The Balaban J connectivity index is 2.24. The highest BCUT2D eigenvalue weighted by atomic mass is 16.3. The minimum absolute atomic E-state index is 0.00620. The molecule has 1 unspecified atom stereocenters. The van der Waals surface area contributed by atoms with E-state index in [1.54, 1.807) is 12.1 Å². The summed E-state index contributed by atoms with van der Waals surface area (Å²) in [6.07, 6.45) is 0.420. The zero-order valence-electron chi connectivity index (χ0n) is 9.29. The van der Waals surface area contributed by atoms with Gasteiger partial charge in [0.1, 0.15) is 5.75 Å². The molecule has 1 aromatic carbocycles. The van der Waals surface area contributed by atoms with Gasteiger partial charge in [-0.05, 0) is 30.2 Å². The van der Waals surface area contributed by atoms with Crippen molar-refractivity contribution in [2.24, 2.45) is 0 Å². The third kappa shape index (κ3) is 2.52. The maximum absolute atomic E-state index is 11.4. The van der Waals surface area contributed by atoms with Crippen LogP contribution in [-0.2, 0) is 4.79 Å². The molecule has 0 aliphatic carbocycles. The number of hydrogen-bond donors (Lipinski definition) is 3. The van der Waals surface area contributed by atoms with Gasteiger partial charge in [0.25, 0.3) is 0 Å². The minimum atomic E-state index is -0.00620. The average molecular weight is 220 g/mol. The van der Waals surface area contributed by atoms with E-state index in [2.05, 4.69) is 10.6 Å². The molecule has 1 amide bonds. The SMILES string of the molecule is Cc1cc(O)cc(C2CC(=O)NCCN2)c1. The number of amides is 1. The molecule has 0 radical (unpaired) electrons. The summed E-state index contributed by atoms with van der Waals surface area (Å²) in [5, 5.41) is 15.6. The summed E-state index contributed by atoms with van der Waals surface area (Å²) in [5.41, 5.74) is 1.97. The Kier molecular flexibility index (Phi) is 3.10. The number of aryl methyl sites for hydroxylation is 1. The lowest BCUT2D eigenvalue weighted by Gasteiger charge is -2.15. The summed E-state index contributed by atoms with van der Waals surface area (Å²) < 4.78 is 0. The van der Waals surface area contributed by atoms with Crippen molar-refractivity contribution in [2.45, 2.75) is 19.4 Å². The first-order valence-corrected chi connectivity index (χ1v) is 5.46. The van der Waals surface area contributed by atoms with Gasteiger partial charge in [0.05, 0.1) is 0 Å². The smallest absolute Gasteiger partial charge is 0.221 e. The molecule has 0 aromatic heterocycles. The van der Waals surface area contributed by atoms with Crippen molar-refractivity contribution >= 4 is 5.91 Å². The van der Waals surface area contributed by atoms with Crippen LogP contribution in [0.2, 0.25) is 0 Å². The van der Waals surface area contributed by atoms with E-state index in [1.807, 2.05) is 13.0 Å². The lowest BCUT2D eigenvalue weighted by atomic mass is 10.0. The highest BCUT2D eigenvalue weighted by Gasteiger charge is 2.18. The topological polar surface area (TPSA) is 61.4 Å². The number of benzene rings is 1. The first-order valence-electron chi connectivity index (χ1n) is 5.46. The van der Waals surface area contributed by atoms with Gasteiger partial charge in [0.15, 0.2) is 0 Å². The van der Waals surface area contributed by atoms with Crippen molar-refractivity contribution in [3.8, 4) is 5.75 Å². The summed E-state index contributed by atoms with van der Waals surface area (Å²) in [6, 6.07) is 5.41. The van der Waals surface area contributed by atoms with E-state index in [4.69, 9.17) is 0 Å². The zero-order valence-corrected chi connectivity index (χ0v) is 9.29. The molecule has 0 spiro atoms. The molecule has 1 saturated heterocycles. The normalized spacial score (nSPS) is 21.3. The van der Waals surface area contributed by atoms with Crippen molar-refractivity contribution < 1.29 is 9.90 Å². The molecule has 1 heterocycles. The van der Waals surface area contributed by atoms with Crippen molar-refractivity contribution in [3.63, 3.8) is 0 Å². The number of phenolic OH excluding ortho intramolecular Hbond substituents is 1. The quantitative estimate of drug-likeness (QED) is 0.657. The van der Waals surface area contributed by atoms with E-state index in [0.29, 0.717) is 13.0 Å². The Hall–Kier alpha value is -1.55. The second-order valence-electron chi connectivity index (χ2n) is 4.16. The summed E-state index contributed by atoms with van der Waals surface area (Å²) in [7, 11) is 0. The molecule has 2 rings (SSSR count). The summed E-state index contributed by atoms with van der Waals surface area (Å²) in [6.45, 7) is 3.35. The van der Waals surface area contributed by atoms with Gasteiger partial charge in [-0.1, -0.05) is 6.07 Å². The number of phenols is 1. The predicted molar refractivity (Wildman–Crippen MR) is 61.2 cm³/mol. The summed E-state index contributed by atoms with van der Waals surface area (Å²) in [4.78, 5) is 11.4. The maximum Gasteiger partial charge on any atom is 0.221 e. The van der Waals surface area contributed by atoms with E-state index in [9.17, 15) is 9.90 Å². The van der Waals surface area contributed by atoms with Gasteiger partial charge in [-0.15, -0.1) is 0 Å². The molecule has 86 valence electrons. The summed E-state index contributed by atoms with van der Waals surface area (Å²) in [5.74, 6) is 0.303. The van der Waals surface area contributed by atoms with Crippen LogP contribution in [0.15, 0.2) is 18.2 Å². The Morgan fingerprint density at radius 2 is 2.12 bits per heavy atom. The second kappa shape index (κ2) is 4.53. The lowest BCUT2D eigenvalue weighted by Crippen LogP contribution is -2.24. The highest BCUT2D eigenvalue weighted by Crippen LogP contribution is 2.23. The van der Waals surface area contributed by atoms with Crippen molar-refractivity contribution in [1.82, 2.24) is 10.6 Å². The average Bonchev–Trinajstić information content (AvgIpc) is 2.41. The number of nitrogens with one attached hydrogen (secondary N) is 2. The molecule has 16 heavy (non-hydrogen) atoms. The van der Waals surface area contributed by atoms with E-state index in [0.717, 1.165) is 17.7 Å².